The fourth-order valence-corrected chi connectivity index (χ4v) is 3.61. The van der Waals surface area contributed by atoms with Crippen molar-refractivity contribution in [1.29, 1.82) is 5.41 Å². The standard InChI is InChI=1S/C25H25N5O2/c1-3-28-24-23(17(2)26)29(25(31)30(24)20-9-7-8-18(27)16-20)19-12-14-22(15-13-19)32-21-10-5-4-6-11-21/h4-16,26,28H,3,27H2,1-2H3. The first-order valence-corrected chi connectivity index (χ1v) is 10.4. The van der Waals surface area contributed by atoms with E-state index in [1.165, 1.54) is 4.57 Å². The van der Waals surface area contributed by atoms with E-state index in [0.29, 0.717) is 40.9 Å². The van der Waals surface area contributed by atoms with Crippen LogP contribution >= 0.6 is 0 Å². The van der Waals surface area contributed by atoms with E-state index in [2.05, 4.69) is 5.32 Å². The Morgan fingerprint density at radius 2 is 1.62 bits per heavy atom. The molecular weight excluding hydrogens is 402 g/mol. The lowest BCUT2D eigenvalue weighted by Crippen LogP contribution is -2.24. The lowest BCUT2D eigenvalue weighted by molar-refractivity contribution is 0.482. The molecule has 1 aromatic heterocycles. The van der Waals surface area contributed by atoms with E-state index < -0.39 is 0 Å². The molecule has 0 aliphatic heterocycles. The van der Waals surface area contributed by atoms with Crippen molar-refractivity contribution in [3.8, 4) is 22.9 Å². The minimum atomic E-state index is -0.287. The maximum Gasteiger partial charge on any atom is 0.339 e. The zero-order valence-electron chi connectivity index (χ0n) is 18.0. The first-order valence-electron chi connectivity index (χ1n) is 10.4. The third-order valence-electron chi connectivity index (χ3n) is 4.96. The molecule has 4 rings (SSSR count). The Kier molecular flexibility index (Phi) is 5.81. The van der Waals surface area contributed by atoms with Crippen molar-refractivity contribution >= 4 is 17.2 Å². The van der Waals surface area contributed by atoms with E-state index in [0.717, 1.165) is 5.75 Å². The van der Waals surface area contributed by atoms with Crippen LogP contribution in [-0.4, -0.2) is 21.4 Å². The molecule has 4 N–H and O–H groups in total. The lowest BCUT2D eigenvalue weighted by atomic mass is 10.2. The predicted octanol–water partition coefficient (Wildman–Crippen LogP) is 4.82. The van der Waals surface area contributed by atoms with Crippen molar-refractivity contribution in [3.63, 3.8) is 0 Å². The third kappa shape index (κ3) is 4.00. The van der Waals surface area contributed by atoms with Gasteiger partial charge in [0.25, 0.3) is 0 Å². The minimum absolute atomic E-state index is 0.269. The number of benzene rings is 3. The average Bonchev–Trinajstić information content (AvgIpc) is 3.07. The summed E-state index contributed by atoms with van der Waals surface area (Å²) in [6.45, 7) is 4.21. The van der Waals surface area contributed by atoms with Gasteiger partial charge in [-0.2, -0.15) is 0 Å². The van der Waals surface area contributed by atoms with Gasteiger partial charge < -0.3 is 21.2 Å². The van der Waals surface area contributed by atoms with E-state index in [1.54, 1.807) is 29.7 Å². The highest BCUT2D eigenvalue weighted by Gasteiger charge is 2.23. The van der Waals surface area contributed by atoms with Gasteiger partial charge in [0.2, 0.25) is 0 Å². The van der Waals surface area contributed by atoms with E-state index in [1.807, 2.05) is 67.6 Å². The molecule has 7 nitrogen and oxygen atoms in total. The Morgan fingerprint density at radius 3 is 2.25 bits per heavy atom. The number of nitrogens with one attached hydrogen (secondary N) is 2. The predicted molar refractivity (Wildman–Crippen MR) is 129 cm³/mol. The van der Waals surface area contributed by atoms with Crippen molar-refractivity contribution in [2.45, 2.75) is 13.8 Å². The van der Waals surface area contributed by atoms with Crippen LogP contribution in [0.2, 0.25) is 0 Å². The monoisotopic (exact) mass is 427 g/mol. The molecule has 4 aromatic rings. The molecule has 0 aliphatic rings. The summed E-state index contributed by atoms with van der Waals surface area (Å²) in [6.07, 6.45) is 0. The number of para-hydroxylation sites is 1. The number of hydrogen-bond donors (Lipinski definition) is 3. The molecule has 0 unspecified atom stereocenters. The van der Waals surface area contributed by atoms with Crippen molar-refractivity contribution in [3.05, 3.63) is 95.0 Å². The molecule has 0 fully saturated rings. The number of ether oxygens (including phenoxy) is 1. The number of nitrogens with two attached hydrogens (primary N) is 1. The van der Waals surface area contributed by atoms with Gasteiger partial charge in [-0.3, -0.25) is 4.57 Å². The highest BCUT2D eigenvalue weighted by molar-refractivity contribution is 6.00. The van der Waals surface area contributed by atoms with E-state index in [-0.39, 0.29) is 11.4 Å². The number of nitrogen functional groups attached to an aromatic ring is 1. The molecule has 0 radical (unpaired) electrons. The maximum atomic E-state index is 13.6. The number of hydrogen-bond acceptors (Lipinski definition) is 5. The normalized spacial score (nSPS) is 10.7. The molecule has 7 heteroatoms. The number of imidazole rings is 1. The zero-order valence-corrected chi connectivity index (χ0v) is 18.0. The molecule has 0 bridgehead atoms. The first-order chi connectivity index (χ1) is 15.5. The summed E-state index contributed by atoms with van der Waals surface area (Å²) in [4.78, 5) is 13.6. The van der Waals surface area contributed by atoms with Crippen molar-refractivity contribution in [2.75, 3.05) is 17.6 Å². The molecule has 1 heterocycles. The van der Waals surface area contributed by atoms with Crippen LogP contribution in [0.5, 0.6) is 11.5 Å². The van der Waals surface area contributed by atoms with Crippen molar-refractivity contribution in [1.82, 2.24) is 9.13 Å². The minimum Gasteiger partial charge on any atom is -0.457 e. The van der Waals surface area contributed by atoms with Gasteiger partial charge in [0.15, 0.2) is 0 Å². The summed E-state index contributed by atoms with van der Waals surface area (Å²) in [5, 5.41) is 11.6. The Balaban J connectivity index is 1.84. The van der Waals surface area contributed by atoms with Crippen LogP contribution in [0.1, 0.15) is 19.5 Å². The van der Waals surface area contributed by atoms with Crippen LogP contribution < -0.4 is 21.5 Å². The molecule has 0 atom stereocenters. The maximum absolute atomic E-state index is 13.6. The number of anilines is 2. The van der Waals surface area contributed by atoms with E-state index in [4.69, 9.17) is 15.9 Å². The molecule has 0 saturated heterocycles. The van der Waals surface area contributed by atoms with Crippen LogP contribution in [0.3, 0.4) is 0 Å². The molecule has 32 heavy (non-hydrogen) atoms. The molecule has 0 amide bonds. The van der Waals surface area contributed by atoms with E-state index >= 15 is 0 Å². The Labute approximate surface area is 186 Å². The first kappa shape index (κ1) is 21.0. The smallest absolute Gasteiger partial charge is 0.339 e. The molecule has 3 aromatic carbocycles. The van der Waals surface area contributed by atoms with Crippen LogP contribution in [0.15, 0.2) is 83.7 Å². The Morgan fingerprint density at radius 1 is 0.938 bits per heavy atom. The second kappa shape index (κ2) is 8.85. The molecular formula is C25H25N5O2. The largest absolute Gasteiger partial charge is 0.457 e. The van der Waals surface area contributed by atoms with Crippen LogP contribution in [0.25, 0.3) is 11.4 Å². The number of nitrogens with zero attached hydrogens (tertiary/aromatic N) is 2. The molecule has 0 aliphatic carbocycles. The quantitative estimate of drug-likeness (QED) is 0.291. The SMILES string of the molecule is CCNc1c(C(C)=N)n(-c2ccc(Oc3ccccc3)cc2)c(=O)n1-c1cccc(N)c1. The summed E-state index contributed by atoms with van der Waals surface area (Å²) in [6, 6.07) is 23.9. The highest BCUT2D eigenvalue weighted by Crippen LogP contribution is 2.26. The van der Waals surface area contributed by atoms with Crippen LogP contribution in [-0.2, 0) is 0 Å². The van der Waals surface area contributed by atoms with E-state index in [9.17, 15) is 4.79 Å². The summed E-state index contributed by atoms with van der Waals surface area (Å²) >= 11 is 0. The fraction of sp³-hybridized carbons (Fsp3) is 0.120. The van der Waals surface area contributed by atoms with Gasteiger partial charge in [-0.05, 0) is 68.4 Å². The van der Waals surface area contributed by atoms with Gasteiger partial charge in [-0.15, -0.1) is 0 Å². The second-order valence-corrected chi connectivity index (χ2v) is 7.31. The van der Waals surface area contributed by atoms with Gasteiger partial charge in [0.05, 0.1) is 17.1 Å². The summed E-state index contributed by atoms with van der Waals surface area (Å²) in [5.41, 5.74) is 8.27. The highest BCUT2D eigenvalue weighted by atomic mass is 16.5. The van der Waals surface area contributed by atoms with Gasteiger partial charge in [0, 0.05) is 12.2 Å². The summed E-state index contributed by atoms with van der Waals surface area (Å²) in [5.74, 6) is 1.94. The van der Waals surface area contributed by atoms with Gasteiger partial charge in [-0.1, -0.05) is 24.3 Å². The summed E-state index contributed by atoms with van der Waals surface area (Å²) in [7, 11) is 0. The Bertz CT molecular complexity index is 1300. The second-order valence-electron chi connectivity index (χ2n) is 7.31. The van der Waals surface area contributed by atoms with Crippen molar-refractivity contribution in [2.24, 2.45) is 0 Å². The molecule has 0 spiro atoms. The fourth-order valence-electron chi connectivity index (χ4n) is 3.61. The third-order valence-corrected chi connectivity index (χ3v) is 4.96. The molecule has 162 valence electrons. The molecule has 0 saturated carbocycles. The topological polar surface area (TPSA) is 98.1 Å². The van der Waals surface area contributed by atoms with Crippen molar-refractivity contribution < 1.29 is 4.74 Å². The number of rotatable bonds is 7. The van der Waals surface area contributed by atoms with Gasteiger partial charge in [-0.25, -0.2) is 9.36 Å². The zero-order chi connectivity index (χ0) is 22.7. The Hall–Kier alpha value is -4.26. The average molecular weight is 428 g/mol. The van der Waals surface area contributed by atoms with Crippen LogP contribution in [0, 0.1) is 5.41 Å². The van der Waals surface area contributed by atoms with Gasteiger partial charge in [0.1, 0.15) is 23.0 Å². The lowest BCUT2D eigenvalue weighted by Gasteiger charge is -2.11. The number of aromatic nitrogens is 2. The summed E-state index contributed by atoms with van der Waals surface area (Å²) < 4.78 is 8.96. The van der Waals surface area contributed by atoms with Crippen LogP contribution in [0.4, 0.5) is 11.5 Å². The van der Waals surface area contributed by atoms with Gasteiger partial charge >= 0.3 is 5.69 Å².